The lowest BCUT2D eigenvalue weighted by Crippen LogP contribution is -2.33. The quantitative estimate of drug-likeness (QED) is 0.887. The van der Waals surface area contributed by atoms with Crippen LogP contribution in [0.5, 0.6) is 11.5 Å². The fourth-order valence-electron chi connectivity index (χ4n) is 2.97. The molecule has 1 aromatic carbocycles. The van der Waals surface area contributed by atoms with Gasteiger partial charge in [-0.2, -0.15) is 0 Å². The van der Waals surface area contributed by atoms with Gasteiger partial charge in [-0.1, -0.05) is 15.9 Å². The zero-order valence-electron chi connectivity index (χ0n) is 12.1. The second-order valence-electron chi connectivity index (χ2n) is 6.10. The standard InChI is InChI=1S/C16H22BrNO2/c1-10(18)16(6-7-16)13-8-11(17)9-14(19-2)15(13)20-12-4-3-5-12/h8-10,12H,3-7,18H2,1-2H3. The van der Waals surface area contributed by atoms with Crippen molar-refractivity contribution in [3.63, 3.8) is 0 Å². The van der Waals surface area contributed by atoms with Gasteiger partial charge in [0.25, 0.3) is 0 Å². The van der Waals surface area contributed by atoms with Gasteiger partial charge in [0.1, 0.15) is 0 Å². The summed E-state index contributed by atoms with van der Waals surface area (Å²) in [5.74, 6) is 1.73. The molecule has 0 radical (unpaired) electrons. The van der Waals surface area contributed by atoms with E-state index in [1.54, 1.807) is 7.11 Å². The van der Waals surface area contributed by atoms with Crippen molar-refractivity contribution in [2.75, 3.05) is 7.11 Å². The Labute approximate surface area is 129 Å². The molecule has 2 N–H and O–H groups in total. The van der Waals surface area contributed by atoms with Crippen molar-refractivity contribution in [3.8, 4) is 11.5 Å². The van der Waals surface area contributed by atoms with Crippen molar-refractivity contribution >= 4 is 15.9 Å². The summed E-state index contributed by atoms with van der Waals surface area (Å²) in [6, 6.07) is 4.27. The third-order valence-corrected chi connectivity index (χ3v) is 5.23. The van der Waals surface area contributed by atoms with E-state index >= 15 is 0 Å². The van der Waals surface area contributed by atoms with Gasteiger partial charge in [0.05, 0.1) is 13.2 Å². The summed E-state index contributed by atoms with van der Waals surface area (Å²) in [7, 11) is 1.70. The maximum absolute atomic E-state index is 6.24. The first-order valence-electron chi connectivity index (χ1n) is 7.37. The molecule has 110 valence electrons. The molecule has 1 atom stereocenters. The van der Waals surface area contributed by atoms with Gasteiger partial charge in [-0.05, 0) is 51.2 Å². The van der Waals surface area contributed by atoms with Crippen LogP contribution in [-0.2, 0) is 5.41 Å². The molecule has 20 heavy (non-hydrogen) atoms. The number of ether oxygens (including phenoxy) is 2. The highest BCUT2D eigenvalue weighted by atomic mass is 79.9. The molecule has 3 rings (SSSR count). The molecule has 2 fully saturated rings. The summed E-state index contributed by atoms with van der Waals surface area (Å²) in [5.41, 5.74) is 7.52. The number of methoxy groups -OCH3 is 1. The maximum Gasteiger partial charge on any atom is 0.165 e. The fourth-order valence-corrected chi connectivity index (χ4v) is 3.41. The molecule has 0 bridgehead atoms. The van der Waals surface area contributed by atoms with Crippen molar-refractivity contribution < 1.29 is 9.47 Å². The van der Waals surface area contributed by atoms with E-state index in [1.165, 1.54) is 12.0 Å². The van der Waals surface area contributed by atoms with Crippen LogP contribution in [0.3, 0.4) is 0 Å². The lowest BCUT2D eigenvalue weighted by Gasteiger charge is -2.31. The fraction of sp³-hybridized carbons (Fsp3) is 0.625. The minimum Gasteiger partial charge on any atom is -0.493 e. The lowest BCUT2D eigenvalue weighted by atomic mass is 9.88. The Balaban J connectivity index is 2.03. The van der Waals surface area contributed by atoms with E-state index in [0.29, 0.717) is 6.10 Å². The highest BCUT2D eigenvalue weighted by Crippen LogP contribution is 2.56. The lowest BCUT2D eigenvalue weighted by molar-refractivity contribution is 0.113. The summed E-state index contributed by atoms with van der Waals surface area (Å²) < 4.78 is 12.8. The predicted octanol–water partition coefficient (Wildman–Crippen LogP) is 3.77. The van der Waals surface area contributed by atoms with Crippen LogP contribution in [0, 0.1) is 0 Å². The minimum absolute atomic E-state index is 0.0656. The first-order chi connectivity index (χ1) is 9.56. The van der Waals surface area contributed by atoms with Gasteiger partial charge in [0.15, 0.2) is 11.5 Å². The molecular weight excluding hydrogens is 318 g/mol. The Bertz CT molecular complexity index is 507. The van der Waals surface area contributed by atoms with Gasteiger partial charge in [0, 0.05) is 21.5 Å². The molecule has 0 amide bonds. The Morgan fingerprint density at radius 3 is 2.50 bits per heavy atom. The van der Waals surface area contributed by atoms with E-state index in [4.69, 9.17) is 15.2 Å². The Hall–Kier alpha value is -0.740. The summed E-state index contributed by atoms with van der Waals surface area (Å²) >= 11 is 3.58. The average molecular weight is 340 g/mol. The average Bonchev–Trinajstić information content (AvgIpc) is 3.15. The Kier molecular flexibility index (Phi) is 3.71. The summed E-state index contributed by atoms with van der Waals surface area (Å²) in [6.07, 6.45) is 6.15. The summed E-state index contributed by atoms with van der Waals surface area (Å²) in [6.45, 7) is 2.09. The van der Waals surface area contributed by atoms with Crippen molar-refractivity contribution in [2.24, 2.45) is 5.73 Å². The molecule has 1 aromatic rings. The van der Waals surface area contributed by atoms with E-state index in [1.807, 2.05) is 6.07 Å². The molecule has 2 aliphatic rings. The Morgan fingerprint density at radius 2 is 2.05 bits per heavy atom. The van der Waals surface area contributed by atoms with Crippen LogP contribution in [0.4, 0.5) is 0 Å². The topological polar surface area (TPSA) is 44.5 Å². The van der Waals surface area contributed by atoms with Crippen LogP contribution in [0.15, 0.2) is 16.6 Å². The molecule has 0 saturated heterocycles. The first-order valence-corrected chi connectivity index (χ1v) is 8.16. The van der Waals surface area contributed by atoms with Crippen LogP contribution in [0.2, 0.25) is 0 Å². The van der Waals surface area contributed by atoms with Crippen molar-refractivity contribution in [1.29, 1.82) is 0 Å². The van der Waals surface area contributed by atoms with Crippen molar-refractivity contribution in [3.05, 3.63) is 22.2 Å². The zero-order valence-corrected chi connectivity index (χ0v) is 13.7. The second-order valence-corrected chi connectivity index (χ2v) is 7.02. The highest BCUT2D eigenvalue weighted by molar-refractivity contribution is 9.10. The number of nitrogens with two attached hydrogens (primary N) is 1. The SMILES string of the molecule is COc1cc(Br)cc(C2(C(C)N)CC2)c1OC1CCC1. The number of benzene rings is 1. The van der Waals surface area contributed by atoms with Crippen LogP contribution >= 0.6 is 15.9 Å². The zero-order chi connectivity index (χ0) is 14.3. The van der Waals surface area contributed by atoms with E-state index < -0.39 is 0 Å². The van der Waals surface area contributed by atoms with Gasteiger partial charge in [-0.3, -0.25) is 0 Å². The second kappa shape index (κ2) is 5.23. The normalized spacial score (nSPS) is 22.0. The van der Waals surface area contributed by atoms with Crippen molar-refractivity contribution in [2.45, 2.75) is 56.6 Å². The number of rotatable bonds is 5. The maximum atomic E-state index is 6.24. The van der Waals surface area contributed by atoms with E-state index in [-0.39, 0.29) is 11.5 Å². The van der Waals surface area contributed by atoms with Crippen LogP contribution in [0.1, 0.15) is 44.6 Å². The van der Waals surface area contributed by atoms with E-state index in [2.05, 4.69) is 28.9 Å². The van der Waals surface area contributed by atoms with Gasteiger partial charge in [0.2, 0.25) is 0 Å². The smallest absolute Gasteiger partial charge is 0.165 e. The van der Waals surface area contributed by atoms with Gasteiger partial charge >= 0.3 is 0 Å². The molecule has 0 aromatic heterocycles. The van der Waals surface area contributed by atoms with E-state index in [9.17, 15) is 0 Å². The van der Waals surface area contributed by atoms with Crippen molar-refractivity contribution in [1.82, 2.24) is 0 Å². The number of halogens is 1. The highest BCUT2D eigenvalue weighted by Gasteiger charge is 2.50. The van der Waals surface area contributed by atoms with Crippen LogP contribution < -0.4 is 15.2 Å². The Morgan fingerprint density at radius 1 is 1.35 bits per heavy atom. The van der Waals surface area contributed by atoms with Gasteiger partial charge in [-0.25, -0.2) is 0 Å². The first kappa shape index (κ1) is 14.2. The third-order valence-electron chi connectivity index (χ3n) is 4.77. The molecular formula is C16H22BrNO2. The molecule has 0 aliphatic heterocycles. The van der Waals surface area contributed by atoms with Crippen LogP contribution in [-0.4, -0.2) is 19.3 Å². The van der Waals surface area contributed by atoms with E-state index in [0.717, 1.165) is 41.7 Å². The number of hydrogen-bond donors (Lipinski definition) is 1. The molecule has 2 aliphatic carbocycles. The van der Waals surface area contributed by atoms with Gasteiger partial charge in [-0.15, -0.1) is 0 Å². The molecule has 4 heteroatoms. The number of hydrogen-bond acceptors (Lipinski definition) is 3. The molecule has 0 spiro atoms. The monoisotopic (exact) mass is 339 g/mol. The minimum atomic E-state index is 0.0656. The molecule has 3 nitrogen and oxygen atoms in total. The van der Waals surface area contributed by atoms with Crippen LogP contribution in [0.25, 0.3) is 0 Å². The third kappa shape index (κ3) is 2.33. The molecule has 2 saturated carbocycles. The summed E-state index contributed by atoms with van der Waals surface area (Å²) in [5, 5.41) is 0. The van der Waals surface area contributed by atoms with Gasteiger partial charge < -0.3 is 15.2 Å². The largest absolute Gasteiger partial charge is 0.493 e. The summed E-state index contributed by atoms with van der Waals surface area (Å²) in [4.78, 5) is 0. The predicted molar refractivity (Wildman–Crippen MR) is 83.5 cm³/mol. The molecule has 0 heterocycles. The molecule has 1 unspecified atom stereocenters.